The van der Waals surface area contributed by atoms with Crippen LogP contribution in [0.3, 0.4) is 0 Å². The van der Waals surface area contributed by atoms with Crippen LogP contribution in [0.4, 0.5) is 0 Å². The Morgan fingerprint density at radius 2 is 1.12 bits per heavy atom. The van der Waals surface area contributed by atoms with Crippen LogP contribution in [0.15, 0.2) is 42.5 Å². The SMILES string of the molecule is CCCCCCCCCCCCc1c(CCCCC)ccc(O)c1C(C)(C)c1ccccc1. The number of hydrogen-bond acceptors (Lipinski definition) is 1. The fraction of sp³-hybridized carbons (Fsp3) is 0.625. The van der Waals surface area contributed by atoms with Crippen LogP contribution < -0.4 is 0 Å². The molecule has 0 bridgehead atoms. The molecule has 0 aliphatic carbocycles. The van der Waals surface area contributed by atoms with E-state index in [0.29, 0.717) is 5.75 Å². The third kappa shape index (κ3) is 8.84. The molecule has 0 radical (unpaired) electrons. The minimum atomic E-state index is -0.208. The van der Waals surface area contributed by atoms with Crippen LogP contribution >= 0.6 is 0 Å². The van der Waals surface area contributed by atoms with Gasteiger partial charge >= 0.3 is 0 Å². The molecule has 184 valence electrons. The van der Waals surface area contributed by atoms with Gasteiger partial charge < -0.3 is 5.11 Å². The van der Waals surface area contributed by atoms with Gasteiger partial charge in [0.2, 0.25) is 0 Å². The van der Waals surface area contributed by atoms with E-state index >= 15 is 0 Å². The summed E-state index contributed by atoms with van der Waals surface area (Å²) in [6.45, 7) is 9.10. The van der Waals surface area contributed by atoms with Gasteiger partial charge in [-0.15, -0.1) is 0 Å². The summed E-state index contributed by atoms with van der Waals surface area (Å²) in [5.74, 6) is 0.463. The van der Waals surface area contributed by atoms with Gasteiger partial charge in [0, 0.05) is 11.0 Å². The summed E-state index contributed by atoms with van der Waals surface area (Å²) >= 11 is 0. The molecule has 0 atom stereocenters. The number of aromatic hydroxyl groups is 1. The smallest absolute Gasteiger partial charge is 0.119 e. The molecular weight excluding hydrogens is 400 g/mol. The minimum absolute atomic E-state index is 0.208. The zero-order valence-corrected chi connectivity index (χ0v) is 22.1. The first kappa shape index (κ1) is 27.5. The number of hydrogen-bond donors (Lipinski definition) is 1. The van der Waals surface area contributed by atoms with E-state index in [9.17, 15) is 5.11 Å². The summed E-state index contributed by atoms with van der Waals surface area (Å²) in [4.78, 5) is 0. The number of benzene rings is 2. The monoisotopic (exact) mass is 450 g/mol. The van der Waals surface area contributed by atoms with Gasteiger partial charge in [-0.25, -0.2) is 0 Å². The second-order valence-corrected chi connectivity index (χ2v) is 10.5. The molecular formula is C32H50O. The van der Waals surface area contributed by atoms with Crippen molar-refractivity contribution in [3.8, 4) is 5.75 Å². The van der Waals surface area contributed by atoms with Gasteiger partial charge in [0.25, 0.3) is 0 Å². The first-order valence-electron chi connectivity index (χ1n) is 13.9. The average Bonchev–Trinajstić information content (AvgIpc) is 2.82. The maximum absolute atomic E-state index is 11.0. The highest BCUT2D eigenvalue weighted by Crippen LogP contribution is 2.41. The van der Waals surface area contributed by atoms with Gasteiger partial charge in [0.1, 0.15) is 5.75 Å². The van der Waals surface area contributed by atoms with Gasteiger partial charge in [-0.05, 0) is 48.4 Å². The first-order chi connectivity index (χ1) is 16.0. The first-order valence-corrected chi connectivity index (χ1v) is 13.9. The lowest BCUT2D eigenvalue weighted by Gasteiger charge is -2.31. The maximum atomic E-state index is 11.0. The molecule has 33 heavy (non-hydrogen) atoms. The summed E-state index contributed by atoms with van der Waals surface area (Å²) in [5.41, 5.74) is 5.09. The van der Waals surface area contributed by atoms with E-state index in [2.05, 4.69) is 64.1 Å². The number of aryl methyl sites for hydroxylation is 1. The van der Waals surface area contributed by atoms with Crippen molar-refractivity contribution in [1.82, 2.24) is 0 Å². The standard InChI is InChI=1S/C32H50O/c1-5-7-9-10-11-12-13-14-15-20-24-29-27(21-17-8-6-2)25-26-30(33)31(29)32(3,4)28-22-18-16-19-23-28/h16,18-19,22-23,25-26,33H,5-15,17,20-21,24H2,1-4H3. The van der Waals surface area contributed by atoms with Gasteiger partial charge in [-0.3, -0.25) is 0 Å². The maximum Gasteiger partial charge on any atom is 0.119 e. The van der Waals surface area contributed by atoms with Gasteiger partial charge in [-0.1, -0.05) is 135 Å². The van der Waals surface area contributed by atoms with Crippen molar-refractivity contribution in [2.75, 3.05) is 0 Å². The molecule has 0 unspecified atom stereocenters. The van der Waals surface area contributed by atoms with Gasteiger partial charge in [0.05, 0.1) is 0 Å². The van der Waals surface area contributed by atoms with E-state index in [-0.39, 0.29) is 5.41 Å². The highest BCUT2D eigenvalue weighted by Gasteiger charge is 2.29. The molecule has 0 spiro atoms. The van der Waals surface area contributed by atoms with Crippen LogP contribution in [-0.4, -0.2) is 5.11 Å². The summed E-state index contributed by atoms with van der Waals surface area (Å²) in [6.07, 6.45) is 19.5. The Morgan fingerprint density at radius 1 is 0.606 bits per heavy atom. The normalized spacial score (nSPS) is 11.8. The largest absolute Gasteiger partial charge is 0.508 e. The Morgan fingerprint density at radius 3 is 1.73 bits per heavy atom. The fourth-order valence-electron chi connectivity index (χ4n) is 5.25. The molecule has 0 fully saturated rings. The number of unbranched alkanes of at least 4 members (excludes halogenated alkanes) is 11. The van der Waals surface area contributed by atoms with E-state index in [1.165, 1.54) is 100 Å². The Bertz CT molecular complexity index is 775. The molecule has 2 aromatic rings. The summed E-state index contributed by atoms with van der Waals surface area (Å²) in [6, 6.07) is 14.8. The molecule has 0 saturated heterocycles. The molecule has 0 heterocycles. The quantitative estimate of drug-likeness (QED) is 0.238. The molecule has 0 amide bonds. The molecule has 0 aliphatic heterocycles. The average molecular weight is 451 g/mol. The van der Waals surface area contributed by atoms with Crippen LogP contribution in [0.25, 0.3) is 0 Å². The Labute approximate surface area is 205 Å². The molecule has 0 saturated carbocycles. The summed E-state index contributed by atoms with van der Waals surface area (Å²) in [7, 11) is 0. The van der Waals surface area contributed by atoms with Crippen LogP contribution in [0, 0.1) is 0 Å². The number of phenols is 1. The molecule has 1 N–H and O–H groups in total. The zero-order valence-electron chi connectivity index (χ0n) is 22.1. The second kappa shape index (κ2) is 15.2. The highest BCUT2D eigenvalue weighted by molar-refractivity contribution is 5.53. The lowest BCUT2D eigenvalue weighted by molar-refractivity contribution is 0.449. The number of phenolic OH excluding ortho intramolecular Hbond substituents is 1. The van der Waals surface area contributed by atoms with E-state index in [4.69, 9.17) is 0 Å². The third-order valence-electron chi connectivity index (χ3n) is 7.34. The Hall–Kier alpha value is -1.76. The fourth-order valence-corrected chi connectivity index (χ4v) is 5.25. The third-order valence-corrected chi connectivity index (χ3v) is 7.34. The molecule has 0 aliphatic rings. The molecule has 2 rings (SSSR count). The van der Waals surface area contributed by atoms with Crippen molar-refractivity contribution >= 4 is 0 Å². The van der Waals surface area contributed by atoms with Crippen molar-refractivity contribution in [2.24, 2.45) is 0 Å². The molecule has 2 aromatic carbocycles. The van der Waals surface area contributed by atoms with Crippen molar-refractivity contribution in [3.05, 3.63) is 64.7 Å². The zero-order chi connectivity index (χ0) is 23.9. The van der Waals surface area contributed by atoms with Crippen LogP contribution in [0.1, 0.15) is 133 Å². The lowest BCUT2D eigenvalue weighted by atomic mass is 9.73. The highest BCUT2D eigenvalue weighted by atomic mass is 16.3. The van der Waals surface area contributed by atoms with E-state index < -0.39 is 0 Å². The van der Waals surface area contributed by atoms with Gasteiger partial charge in [-0.2, -0.15) is 0 Å². The van der Waals surface area contributed by atoms with Gasteiger partial charge in [0.15, 0.2) is 0 Å². The van der Waals surface area contributed by atoms with Crippen LogP contribution in [-0.2, 0) is 18.3 Å². The van der Waals surface area contributed by atoms with E-state index in [0.717, 1.165) is 18.4 Å². The predicted octanol–water partition coefficient (Wildman–Crippen LogP) is 9.91. The summed E-state index contributed by atoms with van der Waals surface area (Å²) < 4.78 is 0. The van der Waals surface area contributed by atoms with Crippen molar-refractivity contribution in [1.29, 1.82) is 0 Å². The Kier molecular flexibility index (Phi) is 12.7. The topological polar surface area (TPSA) is 20.2 Å². The minimum Gasteiger partial charge on any atom is -0.508 e. The summed E-state index contributed by atoms with van der Waals surface area (Å²) in [5, 5.41) is 11.0. The van der Waals surface area contributed by atoms with Crippen molar-refractivity contribution in [2.45, 2.75) is 129 Å². The van der Waals surface area contributed by atoms with Crippen LogP contribution in [0.5, 0.6) is 5.75 Å². The lowest BCUT2D eigenvalue weighted by Crippen LogP contribution is -2.22. The molecule has 1 heteroatoms. The van der Waals surface area contributed by atoms with E-state index in [1.807, 2.05) is 6.07 Å². The second-order valence-electron chi connectivity index (χ2n) is 10.5. The predicted molar refractivity (Wildman–Crippen MR) is 145 cm³/mol. The number of rotatable bonds is 17. The van der Waals surface area contributed by atoms with Crippen LogP contribution in [0.2, 0.25) is 0 Å². The molecule has 1 nitrogen and oxygen atoms in total. The van der Waals surface area contributed by atoms with E-state index in [1.54, 1.807) is 0 Å². The van der Waals surface area contributed by atoms with Crippen molar-refractivity contribution < 1.29 is 5.11 Å². The van der Waals surface area contributed by atoms with Crippen molar-refractivity contribution in [3.63, 3.8) is 0 Å². The molecule has 0 aromatic heterocycles. The Balaban J connectivity index is 2.08.